The maximum Gasteiger partial charge on any atom is 0.324 e. The van der Waals surface area contributed by atoms with E-state index in [0.29, 0.717) is 18.4 Å². The first-order chi connectivity index (χ1) is 12.4. The summed E-state index contributed by atoms with van der Waals surface area (Å²) >= 11 is 0. The van der Waals surface area contributed by atoms with Gasteiger partial charge in [-0.3, -0.25) is 9.69 Å². The second kappa shape index (κ2) is 10.5. The van der Waals surface area contributed by atoms with E-state index < -0.39 is 16.5 Å². The van der Waals surface area contributed by atoms with Crippen molar-refractivity contribution in [1.29, 1.82) is 0 Å². The first-order valence-corrected chi connectivity index (χ1v) is 9.42. The van der Waals surface area contributed by atoms with Gasteiger partial charge in [0.25, 0.3) is 0 Å². The molecule has 0 saturated carbocycles. The molecule has 0 aliphatic heterocycles. The number of carbonyl (C=O) groups is 2. The van der Waals surface area contributed by atoms with Gasteiger partial charge in [0.05, 0.1) is 13.5 Å². The number of hydrogen-bond acceptors (Lipinski definition) is 6. The van der Waals surface area contributed by atoms with Crippen LogP contribution in [0.1, 0.15) is 38.7 Å². The van der Waals surface area contributed by atoms with Crippen LogP contribution >= 0.6 is 0 Å². The molecule has 3 amide bonds. The van der Waals surface area contributed by atoms with Crippen molar-refractivity contribution < 1.29 is 22.7 Å². The minimum Gasteiger partial charge on any atom is -0.494 e. The van der Waals surface area contributed by atoms with Gasteiger partial charge in [-0.05, 0) is 30.5 Å². The quantitative estimate of drug-likeness (QED) is 0.743. The zero-order valence-electron chi connectivity index (χ0n) is 15.5. The molecule has 1 atom stereocenters. The van der Waals surface area contributed by atoms with Gasteiger partial charge in [0.1, 0.15) is 11.4 Å². The summed E-state index contributed by atoms with van der Waals surface area (Å²) in [6.45, 7) is 3.92. The third-order valence-electron chi connectivity index (χ3n) is 3.93. The molecule has 144 valence electrons. The number of nitrogens with zero attached hydrogens (tertiary/aromatic N) is 2. The lowest BCUT2D eigenvalue weighted by atomic mass is 10.1. The van der Waals surface area contributed by atoms with Gasteiger partial charge in [0, 0.05) is 13.1 Å². The van der Waals surface area contributed by atoms with Gasteiger partial charge in [0.2, 0.25) is 5.91 Å². The molecule has 0 aliphatic carbocycles. The van der Waals surface area contributed by atoms with Crippen LogP contribution in [0.2, 0.25) is 0 Å². The largest absolute Gasteiger partial charge is 0.494 e. The van der Waals surface area contributed by atoms with E-state index in [-0.39, 0.29) is 29.8 Å². The van der Waals surface area contributed by atoms with Crippen LogP contribution in [0.4, 0.5) is 10.5 Å². The number of ether oxygens (including phenoxy) is 1. The van der Waals surface area contributed by atoms with E-state index in [1.165, 1.54) is 25.1 Å². The number of amides is 3. The Kier molecular flexibility index (Phi) is 8.77. The lowest BCUT2D eigenvalue weighted by Crippen LogP contribution is -2.49. The van der Waals surface area contributed by atoms with Crippen LogP contribution < -0.4 is 10.1 Å². The topological polar surface area (TPSA) is 105 Å². The predicted octanol–water partition coefficient (Wildman–Crippen LogP) is 2.68. The van der Waals surface area contributed by atoms with E-state index >= 15 is 0 Å². The van der Waals surface area contributed by atoms with Crippen molar-refractivity contribution in [2.75, 3.05) is 14.2 Å². The maximum atomic E-state index is 12.8. The third kappa shape index (κ3) is 5.83. The molecule has 0 aromatic heterocycles. The normalized spacial score (nSPS) is 11.4. The van der Waals surface area contributed by atoms with Gasteiger partial charge < -0.3 is 10.1 Å². The molecule has 1 aromatic rings. The lowest BCUT2D eigenvalue weighted by molar-refractivity contribution is -0.129. The highest BCUT2D eigenvalue weighted by Crippen LogP contribution is 2.29. The van der Waals surface area contributed by atoms with E-state index in [1.807, 2.05) is 13.8 Å². The minimum atomic E-state index is -2.64. The molecular formula is C17H25N3O5S. The highest BCUT2D eigenvalue weighted by molar-refractivity contribution is 7.61. The zero-order chi connectivity index (χ0) is 19.7. The van der Waals surface area contributed by atoms with Crippen molar-refractivity contribution in [3.63, 3.8) is 0 Å². The number of hydrogen-bond donors (Lipinski definition) is 1. The molecule has 0 spiro atoms. The number of imide groups is 1. The number of nitrogens with one attached hydrogen (secondary N) is 1. The van der Waals surface area contributed by atoms with E-state index in [4.69, 9.17) is 4.74 Å². The monoisotopic (exact) mass is 383 g/mol. The van der Waals surface area contributed by atoms with Crippen LogP contribution in [0, 0.1) is 0 Å². The molecule has 0 aliphatic rings. The SMILES string of the molecule is CCCC(CC)N(C(=O)Cc1ccc(OC)c(N=S(=O)=O)c1)C(=O)NC. The Morgan fingerprint density at radius 1 is 1.31 bits per heavy atom. The van der Waals surface area contributed by atoms with Crippen molar-refractivity contribution in [3.8, 4) is 5.75 Å². The molecule has 1 aromatic carbocycles. The number of urea groups is 1. The fourth-order valence-corrected chi connectivity index (χ4v) is 3.01. The van der Waals surface area contributed by atoms with E-state index in [0.717, 1.165) is 6.42 Å². The minimum absolute atomic E-state index is 0.0500. The van der Waals surface area contributed by atoms with Crippen LogP contribution in [0.5, 0.6) is 5.75 Å². The molecule has 0 radical (unpaired) electrons. The van der Waals surface area contributed by atoms with Gasteiger partial charge in [-0.1, -0.05) is 26.3 Å². The highest BCUT2D eigenvalue weighted by atomic mass is 32.2. The molecule has 0 saturated heterocycles. The Hall–Kier alpha value is -2.42. The number of methoxy groups -OCH3 is 1. The number of benzene rings is 1. The summed E-state index contributed by atoms with van der Waals surface area (Å²) in [5.41, 5.74) is 0.651. The summed E-state index contributed by atoms with van der Waals surface area (Å²) in [7, 11) is 0.238. The summed E-state index contributed by atoms with van der Waals surface area (Å²) in [6.07, 6.45) is 2.17. The Morgan fingerprint density at radius 3 is 2.50 bits per heavy atom. The molecule has 26 heavy (non-hydrogen) atoms. The van der Waals surface area contributed by atoms with Crippen LogP contribution in [0.25, 0.3) is 0 Å². The van der Waals surface area contributed by atoms with Gasteiger partial charge in [-0.2, -0.15) is 8.42 Å². The van der Waals surface area contributed by atoms with E-state index in [2.05, 4.69) is 9.68 Å². The van der Waals surface area contributed by atoms with Crippen molar-refractivity contribution in [2.24, 2.45) is 4.36 Å². The maximum absolute atomic E-state index is 12.8. The Labute approximate surface area is 155 Å². The lowest BCUT2D eigenvalue weighted by Gasteiger charge is -2.29. The summed E-state index contributed by atoms with van der Waals surface area (Å²) < 4.78 is 30.2. The van der Waals surface area contributed by atoms with Crippen molar-refractivity contribution in [2.45, 2.75) is 45.6 Å². The standard InChI is InChI=1S/C17H25N3O5S/c1-5-7-13(6-2)20(17(22)18-3)16(21)11-12-8-9-15(25-4)14(10-12)19-26(23)24/h8-10,13H,5-7,11H2,1-4H3,(H,18,22). The molecule has 1 N–H and O–H groups in total. The molecule has 1 rings (SSSR count). The van der Waals surface area contributed by atoms with Crippen LogP contribution in [0.15, 0.2) is 22.6 Å². The van der Waals surface area contributed by atoms with Gasteiger partial charge in [-0.25, -0.2) is 4.79 Å². The second-order valence-corrected chi connectivity index (χ2v) is 6.28. The van der Waals surface area contributed by atoms with Crippen molar-refractivity contribution in [1.82, 2.24) is 10.2 Å². The van der Waals surface area contributed by atoms with Crippen molar-refractivity contribution >= 4 is 28.1 Å². The molecule has 0 heterocycles. The fraction of sp³-hybridized carbons (Fsp3) is 0.529. The molecule has 9 heteroatoms. The molecule has 8 nitrogen and oxygen atoms in total. The summed E-state index contributed by atoms with van der Waals surface area (Å²) in [5, 5.41) is 2.51. The Balaban J connectivity index is 3.16. The first kappa shape index (κ1) is 21.6. The second-order valence-electron chi connectivity index (χ2n) is 5.66. The summed E-state index contributed by atoms with van der Waals surface area (Å²) in [6, 6.07) is 4.02. The van der Waals surface area contributed by atoms with Crippen LogP contribution in [-0.2, 0) is 21.7 Å². The number of rotatable bonds is 8. The van der Waals surface area contributed by atoms with Crippen molar-refractivity contribution in [3.05, 3.63) is 23.8 Å². The third-order valence-corrected chi connectivity index (χ3v) is 4.28. The average Bonchev–Trinajstić information content (AvgIpc) is 2.60. The highest BCUT2D eigenvalue weighted by Gasteiger charge is 2.27. The van der Waals surface area contributed by atoms with Crippen LogP contribution in [-0.4, -0.2) is 45.5 Å². The van der Waals surface area contributed by atoms with Gasteiger partial charge >= 0.3 is 16.5 Å². The Morgan fingerprint density at radius 2 is 2.00 bits per heavy atom. The Bertz CT molecular complexity index is 769. The van der Waals surface area contributed by atoms with E-state index in [9.17, 15) is 18.0 Å². The predicted molar refractivity (Wildman–Crippen MR) is 98.0 cm³/mol. The van der Waals surface area contributed by atoms with Crippen LogP contribution in [0.3, 0.4) is 0 Å². The van der Waals surface area contributed by atoms with Gasteiger partial charge in [0.15, 0.2) is 0 Å². The summed E-state index contributed by atoms with van der Waals surface area (Å²) in [5.74, 6) is -0.0741. The van der Waals surface area contributed by atoms with E-state index in [1.54, 1.807) is 12.1 Å². The average molecular weight is 383 g/mol. The molecule has 1 unspecified atom stereocenters. The smallest absolute Gasteiger partial charge is 0.324 e. The molecular weight excluding hydrogens is 358 g/mol. The zero-order valence-corrected chi connectivity index (χ0v) is 16.3. The molecule has 0 bridgehead atoms. The summed E-state index contributed by atoms with van der Waals surface area (Å²) in [4.78, 5) is 26.2. The first-order valence-electron chi connectivity index (χ1n) is 8.39. The molecule has 0 fully saturated rings. The van der Waals surface area contributed by atoms with Gasteiger partial charge in [-0.15, -0.1) is 4.36 Å². The number of carbonyl (C=O) groups excluding carboxylic acids is 2. The fourth-order valence-electron chi connectivity index (χ4n) is 2.71.